The van der Waals surface area contributed by atoms with Gasteiger partial charge in [0, 0.05) is 5.39 Å². The van der Waals surface area contributed by atoms with Gasteiger partial charge in [0.1, 0.15) is 5.75 Å². The van der Waals surface area contributed by atoms with Crippen LogP contribution in [0, 0.1) is 6.92 Å². The first-order valence-electron chi connectivity index (χ1n) is 8.44. The molecule has 1 heteroatoms. The third-order valence-electron chi connectivity index (χ3n) is 3.61. The third-order valence-corrected chi connectivity index (χ3v) is 3.61. The van der Waals surface area contributed by atoms with E-state index in [0.717, 1.165) is 18.8 Å². The Morgan fingerprint density at radius 1 is 0.810 bits per heavy atom. The Labute approximate surface area is 130 Å². The molecule has 116 valence electrons. The number of unbranched alkanes of at least 4 members (excludes halogenated alkanes) is 4. The molecule has 0 radical (unpaired) electrons. The van der Waals surface area contributed by atoms with Crippen molar-refractivity contribution < 1.29 is 4.74 Å². The number of benzene rings is 2. The second-order valence-corrected chi connectivity index (χ2v) is 5.19. The summed E-state index contributed by atoms with van der Waals surface area (Å²) in [7, 11) is 0. The monoisotopic (exact) mass is 286 g/mol. The molecule has 0 unspecified atom stereocenters. The Hall–Kier alpha value is -1.50. The van der Waals surface area contributed by atoms with Crippen molar-refractivity contribution >= 4 is 10.8 Å². The first-order chi connectivity index (χ1) is 10.3. The van der Waals surface area contributed by atoms with E-state index in [1.54, 1.807) is 0 Å². The number of rotatable bonds is 7. The van der Waals surface area contributed by atoms with Crippen molar-refractivity contribution in [1.82, 2.24) is 0 Å². The van der Waals surface area contributed by atoms with E-state index < -0.39 is 0 Å². The van der Waals surface area contributed by atoms with Crippen LogP contribution in [0.25, 0.3) is 10.8 Å². The van der Waals surface area contributed by atoms with Gasteiger partial charge in [-0.25, -0.2) is 0 Å². The smallest absolute Gasteiger partial charge is 0.127 e. The topological polar surface area (TPSA) is 9.23 Å². The summed E-state index contributed by atoms with van der Waals surface area (Å²) in [6.07, 6.45) is 6.39. The van der Waals surface area contributed by atoms with Gasteiger partial charge in [0.15, 0.2) is 0 Å². The fourth-order valence-corrected chi connectivity index (χ4v) is 2.45. The predicted molar refractivity (Wildman–Crippen MR) is 94.3 cm³/mol. The minimum Gasteiger partial charge on any atom is -0.493 e. The molecule has 0 bridgehead atoms. The predicted octanol–water partition coefficient (Wildman–Crippen LogP) is 6.52. The summed E-state index contributed by atoms with van der Waals surface area (Å²) in [6.45, 7) is 9.22. The van der Waals surface area contributed by atoms with Crippen molar-refractivity contribution in [3.63, 3.8) is 0 Å². The lowest BCUT2D eigenvalue weighted by molar-refractivity contribution is 0.308. The first-order valence-corrected chi connectivity index (χ1v) is 8.44. The summed E-state index contributed by atoms with van der Waals surface area (Å²) in [4.78, 5) is 0. The molecule has 2 aromatic carbocycles. The van der Waals surface area contributed by atoms with Gasteiger partial charge in [-0.1, -0.05) is 76.8 Å². The van der Waals surface area contributed by atoms with Gasteiger partial charge >= 0.3 is 0 Å². The molecule has 1 nitrogen and oxygen atoms in total. The van der Waals surface area contributed by atoms with Crippen LogP contribution in [0.3, 0.4) is 0 Å². The first kappa shape index (κ1) is 17.6. The number of ether oxygens (including phenoxy) is 1. The van der Waals surface area contributed by atoms with Gasteiger partial charge in [0.05, 0.1) is 6.61 Å². The maximum atomic E-state index is 5.95. The molecular weight excluding hydrogens is 256 g/mol. The van der Waals surface area contributed by atoms with Gasteiger partial charge in [0.25, 0.3) is 0 Å². The number of fused-ring (bicyclic) bond motifs is 1. The Morgan fingerprint density at radius 3 is 2.24 bits per heavy atom. The third kappa shape index (κ3) is 5.41. The van der Waals surface area contributed by atoms with Crippen LogP contribution in [-0.4, -0.2) is 6.61 Å². The quantitative estimate of drug-likeness (QED) is 0.526. The molecular formula is C20H30O. The molecule has 0 aromatic heterocycles. The molecule has 0 amide bonds. The van der Waals surface area contributed by atoms with Crippen LogP contribution >= 0.6 is 0 Å². The Bertz CT molecular complexity index is 516. The molecule has 0 heterocycles. The van der Waals surface area contributed by atoms with Gasteiger partial charge in [0.2, 0.25) is 0 Å². The lowest BCUT2D eigenvalue weighted by Crippen LogP contribution is -1.98. The van der Waals surface area contributed by atoms with Gasteiger partial charge in [-0.3, -0.25) is 0 Å². The van der Waals surface area contributed by atoms with E-state index >= 15 is 0 Å². The molecule has 0 N–H and O–H groups in total. The van der Waals surface area contributed by atoms with Crippen LogP contribution in [0.1, 0.15) is 58.4 Å². The van der Waals surface area contributed by atoms with E-state index in [0.29, 0.717) is 0 Å². The average Bonchev–Trinajstić information content (AvgIpc) is 2.53. The van der Waals surface area contributed by atoms with Crippen LogP contribution in [0.15, 0.2) is 36.4 Å². The van der Waals surface area contributed by atoms with Crippen molar-refractivity contribution in [2.75, 3.05) is 6.61 Å². The maximum absolute atomic E-state index is 5.95. The molecule has 0 saturated heterocycles. The fourth-order valence-electron chi connectivity index (χ4n) is 2.45. The van der Waals surface area contributed by atoms with Gasteiger partial charge in [-0.2, -0.15) is 0 Å². The average molecular weight is 286 g/mol. The number of hydrogen-bond donors (Lipinski definition) is 0. The minimum absolute atomic E-state index is 0.830. The Balaban J connectivity index is 0.00000106. The van der Waals surface area contributed by atoms with Crippen LogP contribution in [0.4, 0.5) is 0 Å². The summed E-state index contributed by atoms with van der Waals surface area (Å²) in [5, 5.41) is 2.53. The van der Waals surface area contributed by atoms with Crippen LogP contribution in [-0.2, 0) is 0 Å². The lowest BCUT2D eigenvalue weighted by atomic mass is 10.1. The molecule has 2 rings (SSSR count). The van der Waals surface area contributed by atoms with Crippen LogP contribution in [0.2, 0.25) is 0 Å². The summed E-state index contributed by atoms with van der Waals surface area (Å²) in [6, 6.07) is 12.7. The largest absolute Gasteiger partial charge is 0.493 e. The summed E-state index contributed by atoms with van der Waals surface area (Å²) < 4.78 is 5.95. The van der Waals surface area contributed by atoms with E-state index in [1.165, 1.54) is 42.0 Å². The second-order valence-electron chi connectivity index (χ2n) is 5.19. The standard InChI is InChI=1S/C18H24O.C2H6/c1-3-4-5-6-7-14-19-18-13-9-11-16-15(2)10-8-12-17(16)18;1-2/h8-13H,3-7,14H2,1-2H3;1-2H3. The molecule has 0 aliphatic rings. The number of aryl methyl sites for hydroxylation is 1. The maximum Gasteiger partial charge on any atom is 0.127 e. The van der Waals surface area contributed by atoms with E-state index in [4.69, 9.17) is 4.74 Å². The molecule has 0 saturated carbocycles. The normalized spacial score (nSPS) is 10.1. The highest BCUT2D eigenvalue weighted by Gasteiger charge is 2.03. The molecule has 21 heavy (non-hydrogen) atoms. The summed E-state index contributed by atoms with van der Waals surface area (Å²) in [5.41, 5.74) is 1.31. The van der Waals surface area contributed by atoms with Crippen molar-refractivity contribution in [3.05, 3.63) is 42.0 Å². The van der Waals surface area contributed by atoms with E-state index in [1.807, 2.05) is 13.8 Å². The second kappa shape index (κ2) is 10.3. The molecule has 2 aromatic rings. The minimum atomic E-state index is 0.830. The van der Waals surface area contributed by atoms with Gasteiger partial charge in [-0.05, 0) is 30.4 Å². The van der Waals surface area contributed by atoms with E-state index in [-0.39, 0.29) is 0 Å². The van der Waals surface area contributed by atoms with E-state index in [2.05, 4.69) is 50.2 Å². The SMILES string of the molecule is CC.CCCCCCCOc1cccc2c(C)cccc12. The lowest BCUT2D eigenvalue weighted by Gasteiger charge is -2.10. The molecule has 0 atom stereocenters. The van der Waals surface area contributed by atoms with Crippen LogP contribution < -0.4 is 4.74 Å². The molecule has 0 aliphatic carbocycles. The molecule has 0 fully saturated rings. The molecule has 0 spiro atoms. The Morgan fingerprint density at radius 2 is 1.48 bits per heavy atom. The fraction of sp³-hybridized carbons (Fsp3) is 0.500. The number of hydrogen-bond acceptors (Lipinski definition) is 1. The van der Waals surface area contributed by atoms with Gasteiger partial charge in [-0.15, -0.1) is 0 Å². The highest BCUT2D eigenvalue weighted by atomic mass is 16.5. The van der Waals surface area contributed by atoms with Gasteiger partial charge < -0.3 is 4.74 Å². The zero-order chi connectivity index (χ0) is 15.5. The molecule has 0 aliphatic heterocycles. The van der Waals surface area contributed by atoms with Crippen molar-refractivity contribution in [2.45, 2.75) is 59.8 Å². The zero-order valence-corrected chi connectivity index (χ0v) is 14.1. The van der Waals surface area contributed by atoms with Crippen molar-refractivity contribution in [2.24, 2.45) is 0 Å². The van der Waals surface area contributed by atoms with Crippen molar-refractivity contribution in [3.8, 4) is 5.75 Å². The summed E-state index contributed by atoms with van der Waals surface area (Å²) in [5.74, 6) is 1.02. The van der Waals surface area contributed by atoms with Crippen LogP contribution in [0.5, 0.6) is 5.75 Å². The highest BCUT2D eigenvalue weighted by molar-refractivity contribution is 5.90. The highest BCUT2D eigenvalue weighted by Crippen LogP contribution is 2.27. The summed E-state index contributed by atoms with van der Waals surface area (Å²) >= 11 is 0. The zero-order valence-electron chi connectivity index (χ0n) is 14.1. The van der Waals surface area contributed by atoms with Crippen molar-refractivity contribution in [1.29, 1.82) is 0 Å². The Kier molecular flexibility index (Phi) is 8.57. The van der Waals surface area contributed by atoms with E-state index in [9.17, 15) is 0 Å².